The maximum absolute atomic E-state index is 11.8. The number of aromatic nitrogens is 3. The molecular formula is C25H30N4O4. The zero-order chi connectivity index (χ0) is 23.9. The monoisotopic (exact) mass is 450 g/mol. The number of hydrogen-bond donors (Lipinski definition) is 2. The van der Waals surface area contributed by atoms with Crippen LogP contribution in [0.3, 0.4) is 0 Å². The van der Waals surface area contributed by atoms with E-state index in [-0.39, 0.29) is 18.9 Å². The number of hydrogen-bond acceptors (Lipinski definition) is 5. The first-order valence-electron chi connectivity index (χ1n) is 11.3. The predicted molar refractivity (Wildman–Crippen MR) is 123 cm³/mol. The van der Waals surface area contributed by atoms with E-state index in [1.807, 2.05) is 40.8 Å². The molecule has 8 heteroatoms. The second kappa shape index (κ2) is 8.56. The Morgan fingerprint density at radius 1 is 1.45 bits per heavy atom. The van der Waals surface area contributed by atoms with Gasteiger partial charge in [-0.3, -0.25) is 9.48 Å². The van der Waals surface area contributed by atoms with Crippen LogP contribution in [0.15, 0.2) is 12.1 Å². The molecule has 174 valence electrons. The summed E-state index contributed by atoms with van der Waals surface area (Å²) in [6, 6.07) is 6.07. The topological polar surface area (TPSA) is 113 Å². The minimum atomic E-state index is -0.959. The van der Waals surface area contributed by atoms with Gasteiger partial charge in [-0.1, -0.05) is 20.3 Å². The van der Waals surface area contributed by atoms with Crippen LogP contribution in [0.2, 0.25) is 0 Å². The predicted octanol–water partition coefficient (Wildman–Crippen LogP) is 4.26. The molecule has 4 rings (SSSR count). The number of nitrogens with zero attached hydrogens (tertiary/aromatic N) is 3. The van der Waals surface area contributed by atoms with E-state index < -0.39 is 11.6 Å². The number of H-pyrrole nitrogens is 1. The van der Waals surface area contributed by atoms with E-state index in [4.69, 9.17) is 9.47 Å². The first-order chi connectivity index (χ1) is 15.7. The van der Waals surface area contributed by atoms with Gasteiger partial charge in [-0.05, 0) is 43.9 Å². The van der Waals surface area contributed by atoms with Gasteiger partial charge >= 0.3 is 5.97 Å². The summed E-state index contributed by atoms with van der Waals surface area (Å²) in [6.45, 7) is 8.69. The average Bonchev–Trinajstić information content (AvgIpc) is 3.33. The molecule has 1 aliphatic heterocycles. The molecule has 0 saturated carbocycles. The Morgan fingerprint density at radius 2 is 2.21 bits per heavy atom. The molecule has 3 heterocycles. The lowest BCUT2D eigenvalue weighted by Crippen LogP contribution is -2.43. The van der Waals surface area contributed by atoms with E-state index in [2.05, 4.69) is 16.2 Å². The van der Waals surface area contributed by atoms with Crippen molar-refractivity contribution in [2.45, 2.75) is 59.2 Å². The van der Waals surface area contributed by atoms with E-state index in [1.165, 1.54) is 0 Å². The van der Waals surface area contributed by atoms with Gasteiger partial charge in [0.2, 0.25) is 0 Å². The van der Waals surface area contributed by atoms with Crippen LogP contribution in [0, 0.1) is 31.1 Å². The highest BCUT2D eigenvalue weighted by atomic mass is 16.5. The number of rotatable bonds is 7. The van der Waals surface area contributed by atoms with E-state index in [1.54, 1.807) is 10.7 Å². The summed E-state index contributed by atoms with van der Waals surface area (Å²) in [7, 11) is 1.89. The molecule has 1 aliphatic rings. The Morgan fingerprint density at radius 3 is 2.82 bits per heavy atom. The van der Waals surface area contributed by atoms with Gasteiger partial charge in [0.1, 0.15) is 23.7 Å². The highest BCUT2D eigenvalue weighted by Crippen LogP contribution is 2.47. The van der Waals surface area contributed by atoms with E-state index >= 15 is 0 Å². The van der Waals surface area contributed by atoms with Crippen LogP contribution < -0.4 is 4.74 Å². The number of aryl methyl sites for hydroxylation is 3. The van der Waals surface area contributed by atoms with Gasteiger partial charge in [-0.2, -0.15) is 10.4 Å². The van der Waals surface area contributed by atoms with Gasteiger partial charge < -0.3 is 19.6 Å². The third kappa shape index (κ3) is 3.76. The lowest BCUT2D eigenvalue weighted by Gasteiger charge is -2.40. The van der Waals surface area contributed by atoms with Crippen LogP contribution in [0.1, 0.15) is 60.5 Å². The number of carboxylic acids is 1. The van der Waals surface area contributed by atoms with Crippen molar-refractivity contribution >= 4 is 16.9 Å². The van der Waals surface area contributed by atoms with Crippen LogP contribution in [-0.4, -0.2) is 32.4 Å². The SMILES string of the molecule is CCC(C)C1(CC(=O)O)OCCc2c1[nH]c1c(C)c(OCc3cc(C)n(C)n3)cc(C#N)c21. The Balaban J connectivity index is 1.84. The number of ether oxygens (including phenoxy) is 2. The first-order valence-corrected chi connectivity index (χ1v) is 11.3. The van der Waals surface area contributed by atoms with E-state index in [0.29, 0.717) is 24.3 Å². The number of carbonyl (C=O) groups is 1. The molecule has 0 aliphatic carbocycles. The molecule has 2 aromatic heterocycles. The number of aromatic amines is 1. The maximum atomic E-state index is 11.8. The number of carboxylic acid groups (broad SMARTS) is 1. The molecule has 0 fully saturated rings. The van der Waals surface area contributed by atoms with E-state index in [9.17, 15) is 15.2 Å². The largest absolute Gasteiger partial charge is 0.487 e. The second-order valence-electron chi connectivity index (χ2n) is 8.94. The summed E-state index contributed by atoms with van der Waals surface area (Å²) < 4.78 is 14.1. The molecule has 2 unspecified atom stereocenters. The molecule has 33 heavy (non-hydrogen) atoms. The van der Waals surface area contributed by atoms with Gasteiger partial charge in [0.05, 0.1) is 35.9 Å². The van der Waals surface area contributed by atoms with Crippen LogP contribution in [-0.2, 0) is 35.2 Å². The van der Waals surface area contributed by atoms with Crippen molar-refractivity contribution in [3.8, 4) is 11.8 Å². The number of nitriles is 1. The van der Waals surface area contributed by atoms with Gasteiger partial charge in [0.15, 0.2) is 0 Å². The summed E-state index contributed by atoms with van der Waals surface area (Å²) in [5, 5.41) is 24.9. The molecule has 2 N–H and O–H groups in total. The van der Waals surface area contributed by atoms with Crippen LogP contribution >= 0.6 is 0 Å². The normalized spacial score (nSPS) is 18.7. The zero-order valence-electron chi connectivity index (χ0n) is 19.8. The summed E-state index contributed by atoms with van der Waals surface area (Å²) in [6.07, 6.45) is 1.25. The zero-order valence-corrected chi connectivity index (χ0v) is 19.8. The lowest BCUT2D eigenvalue weighted by molar-refractivity contribution is -0.155. The maximum Gasteiger partial charge on any atom is 0.306 e. The number of fused-ring (bicyclic) bond motifs is 3. The van der Waals surface area contributed by atoms with Crippen molar-refractivity contribution in [2.24, 2.45) is 13.0 Å². The van der Waals surface area contributed by atoms with Crippen LogP contribution in [0.5, 0.6) is 5.75 Å². The minimum absolute atomic E-state index is 0.0188. The smallest absolute Gasteiger partial charge is 0.306 e. The number of nitrogens with one attached hydrogen (secondary N) is 1. The van der Waals surface area contributed by atoms with Crippen molar-refractivity contribution in [1.82, 2.24) is 14.8 Å². The van der Waals surface area contributed by atoms with Crippen molar-refractivity contribution < 1.29 is 19.4 Å². The van der Waals surface area contributed by atoms with Gasteiger partial charge in [0, 0.05) is 23.7 Å². The minimum Gasteiger partial charge on any atom is -0.487 e. The fraction of sp³-hybridized carbons (Fsp3) is 0.480. The number of aliphatic carboxylic acids is 1. The van der Waals surface area contributed by atoms with Crippen molar-refractivity contribution in [3.05, 3.63) is 45.9 Å². The van der Waals surface area contributed by atoms with Crippen molar-refractivity contribution in [3.63, 3.8) is 0 Å². The second-order valence-corrected chi connectivity index (χ2v) is 8.94. The molecule has 0 saturated heterocycles. The molecule has 0 spiro atoms. The van der Waals surface area contributed by atoms with Gasteiger partial charge in [-0.25, -0.2) is 0 Å². The Kier molecular flexibility index (Phi) is 5.93. The molecule has 0 bridgehead atoms. The third-order valence-corrected chi connectivity index (χ3v) is 7.01. The fourth-order valence-electron chi connectivity index (χ4n) is 4.92. The Labute approximate surface area is 193 Å². The van der Waals surface area contributed by atoms with Crippen LogP contribution in [0.4, 0.5) is 0 Å². The van der Waals surface area contributed by atoms with Gasteiger partial charge in [0.25, 0.3) is 0 Å². The Bertz CT molecular complexity index is 1250. The standard InChI is InChI=1S/C25H30N4O4/c1-6-14(2)25(11-21(30)31)24-19(7-8-33-25)22-17(12-26)10-20(16(4)23(22)27-24)32-13-18-9-15(3)29(5)28-18/h9-10,14,27H,6-8,11,13H2,1-5H3,(H,30,31). The average molecular weight is 451 g/mol. The first kappa shape index (κ1) is 22.9. The highest BCUT2D eigenvalue weighted by molar-refractivity contribution is 5.94. The molecular weight excluding hydrogens is 420 g/mol. The highest BCUT2D eigenvalue weighted by Gasteiger charge is 2.46. The quantitative estimate of drug-likeness (QED) is 0.556. The third-order valence-electron chi connectivity index (χ3n) is 7.01. The van der Waals surface area contributed by atoms with Crippen molar-refractivity contribution in [1.29, 1.82) is 5.26 Å². The molecule has 3 aromatic rings. The fourth-order valence-corrected chi connectivity index (χ4v) is 4.92. The summed E-state index contributed by atoms with van der Waals surface area (Å²) in [5.41, 5.74) is 4.82. The summed E-state index contributed by atoms with van der Waals surface area (Å²) in [4.78, 5) is 15.3. The van der Waals surface area contributed by atoms with Crippen molar-refractivity contribution in [2.75, 3.05) is 6.61 Å². The molecule has 2 atom stereocenters. The Hall–Kier alpha value is -3.31. The van der Waals surface area contributed by atoms with Gasteiger partial charge in [-0.15, -0.1) is 0 Å². The molecule has 8 nitrogen and oxygen atoms in total. The van der Waals surface area contributed by atoms with E-state index in [0.717, 1.165) is 45.5 Å². The molecule has 0 amide bonds. The summed E-state index contributed by atoms with van der Waals surface area (Å²) >= 11 is 0. The summed E-state index contributed by atoms with van der Waals surface area (Å²) in [5.74, 6) is -0.322. The molecule has 1 aromatic carbocycles. The number of benzene rings is 1. The molecule has 0 radical (unpaired) electrons. The lowest BCUT2D eigenvalue weighted by atomic mass is 9.77. The van der Waals surface area contributed by atoms with Crippen LogP contribution in [0.25, 0.3) is 10.9 Å².